The first-order valence-electron chi connectivity index (χ1n) is 12.9. The number of ether oxygens (including phenoxy) is 1. The number of phenols is 1. The molecule has 3 fully saturated rings. The number of aromatic hydroxyl groups is 1. The first-order chi connectivity index (χ1) is 16.3. The summed E-state index contributed by atoms with van der Waals surface area (Å²) in [6.07, 6.45) is 10.8. The average Bonchev–Trinajstić information content (AvgIpc) is 2.80. The van der Waals surface area contributed by atoms with Crippen molar-refractivity contribution in [2.75, 3.05) is 0 Å². The monoisotopic (exact) mass is 478 g/mol. The van der Waals surface area contributed by atoms with Crippen LogP contribution in [0.5, 0.6) is 11.5 Å². The van der Waals surface area contributed by atoms with Crippen LogP contribution in [-0.4, -0.2) is 22.7 Å². The van der Waals surface area contributed by atoms with Crippen molar-refractivity contribution < 1.29 is 24.5 Å². The van der Waals surface area contributed by atoms with E-state index in [4.69, 9.17) is 4.74 Å². The summed E-state index contributed by atoms with van der Waals surface area (Å²) in [6.45, 7) is 15.9. The Bertz CT molecular complexity index is 1280. The second-order valence-electron chi connectivity index (χ2n) is 13.0. The molecule has 0 bridgehead atoms. The molecule has 188 valence electrons. The molecule has 5 nitrogen and oxygen atoms in total. The molecule has 0 aliphatic heterocycles. The quantitative estimate of drug-likeness (QED) is 0.609. The number of carboxylic acids is 1. The normalized spacial score (nSPS) is 41.7. The molecule has 0 amide bonds. The summed E-state index contributed by atoms with van der Waals surface area (Å²) >= 11 is 0. The third kappa shape index (κ3) is 2.93. The van der Waals surface area contributed by atoms with Gasteiger partial charge >= 0.3 is 5.97 Å². The fourth-order valence-electron chi connectivity index (χ4n) is 8.73. The molecule has 0 heterocycles. The van der Waals surface area contributed by atoms with Gasteiger partial charge in [-0.25, -0.2) is 0 Å². The SMILES string of the molecule is C=c1c(OC=O)c(O)cc2c1=CC=C1C2(C)CCC2(C)C3CC(C)(C(=O)O)CCC3(C)CCC12C. The van der Waals surface area contributed by atoms with Crippen molar-refractivity contribution in [3.8, 4) is 11.5 Å². The molecule has 4 aliphatic carbocycles. The largest absolute Gasteiger partial charge is 0.504 e. The number of allylic oxidation sites excluding steroid dienone is 2. The summed E-state index contributed by atoms with van der Waals surface area (Å²) in [6, 6.07) is 1.76. The zero-order valence-electron chi connectivity index (χ0n) is 21.7. The Balaban J connectivity index is 1.67. The minimum atomic E-state index is -0.671. The summed E-state index contributed by atoms with van der Waals surface area (Å²) in [5.74, 6) is -0.278. The van der Waals surface area contributed by atoms with Crippen LogP contribution in [0.2, 0.25) is 0 Å². The third-order valence-corrected chi connectivity index (χ3v) is 11.4. The Morgan fingerprint density at radius 2 is 1.74 bits per heavy atom. The minimum Gasteiger partial charge on any atom is -0.504 e. The van der Waals surface area contributed by atoms with Crippen LogP contribution >= 0.6 is 0 Å². The highest BCUT2D eigenvalue weighted by molar-refractivity contribution is 5.74. The average molecular weight is 479 g/mol. The Morgan fingerprint density at radius 1 is 1.06 bits per heavy atom. The molecule has 0 aromatic heterocycles. The summed E-state index contributed by atoms with van der Waals surface area (Å²) in [5, 5.41) is 22.2. The van der Waals surface area contributed by atoms with E-state index in [-0.39, 0.29) is 33.2 Å². The number of rotatable bonds is 3. The first kappa shape index (κ1) is 24.1. The van der Waals surface area contributed by atoms with Gasteiger partial charge in [0.2, 0.25) is 0 Å². The molecule has 0 saturated heterocycles. The van der Waals surface area contributed by atoms with Crippen LogP contribution in [0.25, 0.3) is 12.7 Å². The van der Waals surface area contributed by atoms with Crippen LogP contribution in [0, 0.1) is 27.6 Å². The number of carboxylic acid groups (broad SMARTS) is 1. The van der Waals surface area contributed by atoms with Gasteiger partial charge in [0.25, 0.3) is 6.47 Å². The fraction of sp³-hybridized carbons (Fsp3) is 0.600. The number of hydrogen-bond acceptors (Lipinski definition) is 4. The summed E-state index contributed by atoms with van der Waals surface area (Å²) < 4.78 is 5.05. The fourth-order valence-corrected chi connectivity index (χ4v) is 8.73. The van der Waals surface area contributed by atoms with Gasteiger partial charge in [0.1, 0.15) is 0 Å². The Labute approximate surface area is 207 Å². The molecule has 0 spiro atoms. The van der Waals surface area contributed by atoms with Gasteiger partial charge in [-0.15, -0.1) is 0 Å². The number of carbonyl (C=O) groups excluding carboxylic acids is 1. The molecule has 35 heavy (non-hydrogen) atoms. The van der Waals surface area contributed by atoms with E-state index in [1.165, 1.54) is 5.57 Å². The number of hydrogen-bond donors (Lipinski definition) is 2. The molecule has 6 unspecified atom stereocenters. The van der Waals surface area contributed by atoms with E-state index in [1.807, 2.05) is 6.92 Å². The van der Waals surface area contributed by atoms with Gasteiger partial charge in [-0.1, -0.05) is 52.0 Å². The van der Waals surface area contributed by atoms with Crippen molar-refractivity contribution in [1.82, 2.24) is 0 Å². The van der Waals surface area contributed by atoms with E-state index in [1.54, 1.807) is 6.07 Å². The first-order valence-corrected chi connectivity index (χ1v) is 12.9. The van der Waals surface area contributed by atoms with E-state index < -0.39 is 11.4 Å². The highest BCUT2D eigenvalue weighted by atomic mass is 16.5. The highest BCUT2D eigenvalue weighted by Crippen LogP contribution is 2.74. The second-order valence-corrected chi connectivity index (χ2v) is 13.0. The number of benzene rings is 1. The van der Waals surface area contributed by atoms with E-state index in [0.717, 1.165) is 55.7 Å². The predicted octanol–water partition coefficient (Wildman–Crippen LogP) is 4.81. The summed E-state index contributed by atoms with van der Waals surface area (Å²) in [5.41, 5.74) is 1.50. The molecule has 5 heteroatoms. The van der Waals surface area contributed by atoms with Gasteiger partial charge in [-0.2, -0.15) is 0 Å². The molecule has 2 N–H and O–H groups in total. The lowest BCUT2D eigenvalue weighted by Crippen LogP contribution is -2.63. The third-order valence-electron chi connectivity index (χ3n) is 11.4. The maximum Gasteiger partial charge on any atom is 0.309 e. The lowest BCUT2D eigenvalue weighted by atomic mass is 9.35. The lowest BCUT2D eigenvalue weighted by molar-refractivity contribution is -0.177. The van der Waals surface area contributed by atoms with Crippen molar-refractivity contribution in [2.24, 2.45) is 27.6 Å². The molecule has 6 atom stereocenters. The summed E-state index contributed by atoms with van der Waals surface area (Å²) in [7, 11) is 0. The van der Waals surface area contributed by atoms with E-state index in [9.17, 15) is 19.8 Å². The van der Waals surface area contributed by atoms with Crippen molar-refractivity contribution in [3.63, 3.8) is 0 Å². The Hall–Kier alpha value is -2.56. The number of phenolic OH excluding ortho intramolecular Hbond substituents is 1. The molecule has 5 rings (SSSR count). The van der Waals surface area contributed by atoms with Crippen LogP contribution in [0.15, 0.2) is 17.7 Å². The van der Waals surface area contributed by atoms with Crippen LogP contribution in [0.3, 0.4) is 0 Å². The van der Waals surface area contributed by atoms with E-state index >= 15 is 0 Å². The van der Waals surface area contributed by atoms with Gasteiger partial charge in [0.15, 0.2) is 11.5 Å². The van der Waals surface area contributed by atoms with E-state index in [2.05, 4.69) is 46.4 Å². The standard InChI is InChI=1S/C30H38O5/c1-18-19-7-8-22-28(4,20(19)15-21(32)24(18)35-17-31)12-14-30(6)23-16-27(3,25(33)34)10-9-26(23,2)11-13-29(22,30)5/h7-8,15,17,23,32H,1,9-14,16H2,2-6H3,(H,33,34). The molecule has 0 radical (unpaired) electrons. The zero-order chi connectivity index (χ0) is 25.6. The maximum atomic E-state index is 12.3. The molecule has 1 aromatic carbocycles. The van der Waals surface area contributed by atoms with Crippen LogP contribution in [-0.2, 0) is 15.0 Å². The Morgan fingerprint density at radius 3 is 2.40 bits per heavy atom. The van der Waals surface area contributed by atoms with Crippen molar-refractivity contribution in [1.29, 1.82) is 0 Å². The van der Waals surface area contributed by atoms with Crippen molar-refractivity contribution in [2.45, 2.75) is 85.0 Å². The molecular formula is C30H38O5. The number of aliphatic carboxylic acids is 1. The molecular weight excluding hydrogens is 440 g/mol. The van der Waals surface area contributed by atoms with Crippen molar-refractivity contribution >= 4 is 25.1 Å². The Kier molecular flexibility index (Phi) is 4.99. The lowest BCUT2D eigenvalue weighted by Gasteiger charge is -2.69. The van der Waals surface area contributed by atoms with Gasteiger partial charge in [0.05, 0.1) is 5.41 Å². The molecule has 1 aromatic rings. The predicted molar refractivity (Wildman–Crippen MR) is 135 cm³/mol. The second kappa shape index (κ2) is 7.24. The van der Waals surface area contributed by atoms with Crippen LogP contribution in [0.4, 0.5) is 0 Å². The van der Waals surface area contributed by atoms with Gasteiger partial charge in [0, 0.05) is 10.6 Å². The topological polar surface area (TPSA) is 83.8 Å². The zero-order valence-corrected chi connectivity index (χ0v) is 21.7. The minimum absolute atomic E-state index is 0.0241. The highest BCUT2D eigenvalue weighted by Gasteiger charge is 2.66. The van der Waals surface area contributed by atoms with Gasteiger partial charge in [-0.3, -0.25) is 9.59 Å². The molecule has 4 aliphatic rings. The van der Waals surface area contributed by atoms with E-state index in [0.29, 0.717) is 17.6 Å². The smallest absolute Gasteiger partial charge is 0.309 e. The van der Waals surface area contributed by atoms with Gasteiger partial charge in [-0.05, 0) is 90.9 Å². The maximum absolute atomic E-state index is 12.3. The van der Waals surface area contributed by atoms with Crippen LogP contribution in [0.1, 0.15) is 85.1 Å². The van der Waals surface area contributed by atoms with Gasteiger partial charge < -0.3 is 14.9 Å². The number of carbonyl (C=O) groups is 2. The number of fused-ring (bicyclic) bond motifs is 7. The van der Waals surface area contributed by atoms with Crippen LogP contribution < -0.4 is 15.2 Å². The van der Waals surface area contributed by atoms with Crippen molar-refractivity contribution in [3.05, 3.63) is 33.7 Å². The molecule has 3 saturated carbocycles. The summed E-state index contributed by atoms with van der Waals surface area (Å²) in [4.78, 5) is 23.3.